The molecule has 1 fully saturated rings. The van der Waals surface area contributed by atoms with Crippen LogP contribution < -0.4 is 0 Å². The van der Waals surface area contributed by atoms with Gasteiger partial charge in [0.05, 0.1) is 12.0 Å². The molecular weight excluding hydrogens is 150 g/mol. The van der Waals surface area contributed by atoms with Crippen molar-refractivity contribution in [3.63, 3.8) is 0 Å². The summed E-state index contributed by atoms with van der Waals surface area (Å²) in [5.74, 6) is 0.576. The second kappa shape index (κ2) is 2.90. The van der Waals surface area contributed by atoms with E-state index in [-0.39, 0.29) is 5.92 Å². The van der Waals surface area contributed by atoms with Crippen molar-refractivity contribution in [3.05, 3.63) is 24.3 Å². The minimum atomic E-state index is 0.0196. The van der Waals surface area contributed by atoms with Gasteiger partial charge in [0.2, 0.25) is 0 Å². The molecule has 1 aliphatic carbocycles. The number of aromatic nitrogens is 2. The van der Waals surface area contributed by atoms with Crippen LogP contribution >= 0.6 is 0 Å². The molecule has 1 heterocycles. The minimum Gasteiger partial charge on any atom is -0.244 e. The average molecular weight is 159 g/mol. The Morgan fingerprint density at radius 2 is 2.08 bits per heavy atom. The quantitative estimate of drug-likeness (QED) is 0.656. The third-order valence-electron chi connectivity index (χ3n) is 2.17. The van der Waals surface area contributed by atoms with Crippen molar-refractivity contribution in [1.29, 1.82) is 5.26 Å². The van der Waals surface area contributed by atoms with Crippen LogP contribution in [0.2, 0.25) is 0 Å². The van der Waals surface area contributed by atoms with E-state index in [1.165, 1.54) is 19.2 Å². The fraction of sp³-hybridized carbons (Fsp3) is 0.444. The van der Waals surface area contributed by atoms with E-state index in [1.54, 1.807) is 12.4 Å². The van der Waals surface area contributed by atoms with Gasteiger partial charge in [0.15, 0.2) is 0 Å². The molecule has 1 unspecified atom stereocenters. The van der Waals surface area contributed by atoms with Crippen LogP contribution in [0.5, 0.6) is 0 Å². The molecule has 2 rings (SSSR count). The van der Waals surface area contributed by atoms with E-state index in [2.05, 4.69) is 16.0 Å². The van der Waals surface area contributed by atoms with Crippen molar-refractivity contribution in [1.82, 2.24) is 9.97 Å². The summed E-state index contributed by atoms with van der Waals surface area (Å²) in [5.41, 5.74) is 0.961. The Morgan fingerprint density at radius 1 is 1.42 bits per heavy atom. The molecule has 3 nitrogen and oxygen atoms in total. The van der Waals surface area contributed by atoms with Crippen LogP contribution in [0, 0.1) is 17.2 Å². The highest BCUT2D eigenvalue weighted by molar-refractivity contribution is 5.21. The zero-order valence-electron chi connectivity index (χ0n) is 6.64. The van der Waals surface area contributed by atoms with Gasteiger partial charge in [0, 0.05) is 18.0 Å². The maximum Gasteiger partial charge on any atom is 0.115 e. The highest BCUT2D eigenvalue weighted by Crippen LogP contribution is 2.41. The molecule has 0 radical (unpaired) electrons. The molecule has 0 spiro atoms. The summed E-state index contributed by atoms with van der Waals surface area (Å²) in [6, 6.07) is 2.30. The van der Waals surface area contributed by atoms with Gasteiger partial charge in [-0.25, -0.2) is 9.97 Å². The monoisotopic (exact) mass is 159 g/mol. The molecule has 0 saturated heterocycles. The van der Waals surface area contributed by atoms with Gasteiger partial charge in [-0.1, -0.05) is 0 Å². The van der Waals surface area contributed by atoms with Gasteiger partial charge in [-0.2, -0.15) is 5.26 Å². The van der Waals surface area contributed by atoms with Crippen LogP contribution in [0.25, 0.3) is 0 Å². The molecule has 60 valence electrons. The first-order chi connectivity index (χ1) is 5.92. The van der Waals surface area contributed by atoms with Crippen molar-refractivity contribution >= 4 is 0 Å². The van der Waals surface area contributed by atoms with Gasteiger partial charge in [-0.15, -0.1) is 0 Å². The normalized spacial score (nSPS) is 18.2. The van der Waals surface area contributed by atoms with E-state index >= 15 is 0 Å². The van der Waals surface area contributed by atoms with Gasteiger partial charge in [0.1, 0.15) is 6.33 Å². The summed E-state index contributed by atoms with van der Waals surface area (Å²) < 4.78 is 0. The van der Waals surface area contributed by atoms with Crippen molar-refractivity contribution in [2.45, 2.75) is 18.8 Å². The van der Waals surface area contributed by atoms with Crippen molar-refractivity contribution in [2.24, 2.45) is 5.92 Å². The summed E-state index contributed by atoms with van der Waals surface area (Å²) in [4.78, 5) is 7.80. The average Bonchev–Trinajstić information content (AvgIpc) is 2.92. The second-order valence-corrected chi connectivity index (χ2v) is 3.12. The Morgan fingerprint density at radius 3 is 2.58 bits per heavy atom. The molecule has 0 N–H and O–H groups in total. The van der Waals surface area contributed by atoms with Crippen LogP contribution in [0.1, 0.15) is 24.3 Å². The van der Waals surface area contributed by atoms with Crippen molar-refractivity contribution < 1.29 is 0 Å². The zero-order chi connectivity index (χ0) is 8.39. The zero-order valence-corrected chi connectivity index (χ0v) is 6.64. The van der Waals surface area contributed by atoms with Gasteiger partial charge >= 0.3 is 0 Å². The van der Waals surface area contributed by atoms with E-state index in [0.717, 1.165) is 5.56 Å². The van der Waals surface area contributed by atoms with E-state index < -0.39 is 0 Å². The SMILES string of the molecule is N#CC(c1cncnc1)C1CC1. The lowest BCUT2D eigenvalue weighted by Crippen LogP contribution is -1.98. The third kappa shape index (κ3) is 1.28. The van der Waals surface area contributed by atoms with Gasteiger partial charge < -0.3 is 0 Å². The lowest BCUT2D eigenvalue weighted by molar-refractivity contribution is 0.731. The summed E-state index contributed by atoms with van der Waals surface area (Å²) >= 11 is 0. The molecule has 0 bridgehead atoms. The highest BCUT2D eigenvalue weighted by atomic mass is 14.8. The lowest BCUT2D eigenvalue weighted by atomic mass is 9.99. The maximum absolute atomic E-state index is 8.88. The summed E-state index contributed by atoms with van der Waals surface area (Å²) in [6.07, 6.45) is 7.31. The standard InChI is InChI=1S/C9H9N3/c10-3-9(7-1-2-7)8-4-11-6-12-5-8/h4-7,9H,1-2H2. The van der Waals surface area contributed by atoms with Crippen LogP contribution in [-0.4, -0.2) is 9.97 Å². The lowest BCUT2D eigenvalue weighted by Gasteiger charge is -2.04. The number of nitriles is 1. The van der Waals surface area contributed by atoms with E-state index in [1.807, 2.05) is 0 Å². The molecule has 1 aliphatic rings. The molecule has 0 aromatic carbocycles. The highest BCUT2D eigenvalue weighted by Gasteiger charge is 2.32. The molecule has 3 heteroatoms. The predicted molar refractivity (Wildman–Crippen MR) is 43.1 cm³/mol. The number of rotatable bonds is 2. The van der Waals surface area contributed by atoms with Crippen LogP contribution in [0.3, 0.4) is 0 Å². The summed E-state index contributed by atoms with van der Waals surface area (Å²) in [5, 5.41) is 8.88. The number of nitrogens with zero attached hydrogens (tertiary/aromatic N) is 3. The Kier molecular flexibility index (Phi) is 1.75. The van der Waals surface area contributed by atoms with Gasteiger partial charge in [-0.3, -0.25) is 0 Å². The molecule has 1 aromatic heterocycles. The molecule has 0 amide bonds. The van der Waals surface area contributed by atoms with Gasteiger partial charge in [0.25, 0.3) is 0 Å². The first kappa shape index (κ1) is 7.23. The van der Waals surface area contributed by atoms with Crippen LogP contribution in [-0.2, 0) is 0 Å². The van der Waals surface area contributed by atoms with E-state index in [0.29, 0.717) is 5.92 Å². The van der Waals surface area contributed by atoms with E-state index in [9.17, 15) is 0 Å². The largest absolute Gasteiger partial charge is 0.244 e. The minimum absolute atomic E-state index is 0.0196. The fourth-order valence-corrected chi connectivity index (χ4v) is 1.35. The number of hydrogen-bond donors (Lipinski definition) is 0. The van der Waals surface area contributed by atoms with E-state index in [4.69, 9.17) is 5.26 Å². The molecular formula is C9H9N3. The molecule has 12 heavy (non-hydrogen) atoms. The van der Waals surface area contributed by atoms with Crippen molar-refractivity contribution in [3.8, 4) is 6.07 Å². The number of hydrogen-bond acceptors (Lipinski definition) is 3. The Hall–Kier alpha value is -1.43. The smallest absolute Gasteiger partial charge is 0.115 e. The fourth-order valence-electron chi connectivity index (χ4n) is 1.35. The maximum atomic E-state index is 8.88. The van der Waals surface area contributed by atoms with Crippen molar-refractivity contribution in [2.75, 3.05) is 0 Å². The topological polar surface area (TPSA) is 49.6 Å². The first-order valence-corrected chi connectivity index (χ1v) is 4.06. The molecule has 1 atom stereocenters. The Labute approximate surface area is 71.1 Å². The Balaban J connectivity index is 2.23. The predicted octanol–water partition coefficient (Wildman–Crippen LogP) is 1.49. The van der Waals surface area contributed by atoms with Gasteiger partial charge in [-0.05, 0) is 18.8 Å². The first-order valence-electron chi connectivity index (χ1n) is 4.06. The summed E-state index contributed by atoms with van der Waals surface area (Å²) in [6.45, 7) is 0. The Bertz CT molecular complexity index is 297. The third-order valence-corrected chi connectivity index (χ3v) is 2.17. The summed E-state index contributed by atoms with van der Waals surface area (Å²) in [7, 11) is 0. The second-order valence-electron chi connectivity index (χ2n) is 3.12. The molecule has 0 aliphatic heterocycles. The van der Waals surface area contributed by atoms with Crippen LogP contribution in [0.15, 0.2) is 18.7 Å². The molecule has 1 saturated carbocycles. The molecule has 1 aromatic rings. The van der Waals surface area contributed by atoms with Crippen LogP contribution in [0.4, 0.5) is 0 Å².